The Morgan fingerprint density at radius 1 is 0.811 bits per heavy atom. The maximum atomic E-state index is 6.31. The summed E-state index contributed by atoms with van der Waals surface area (Å²) in [6.45, 7) is 3.73. The van der Waals surface area contributed by atoms with Gasteiger partial charge in [0.1, 0.15) is 11.5 Å². The van der Waals surface area contributed by atoms with Crippen molar-refractivity contribution in [2.24, 2.45) is 0 Å². The van der Waals surface area contributed by atoms with Crippen LogP contribution in [0.25, 0.3) is 21.8 Å². The highest BCUT2D eigenvalue weighted by Gasteiger charge is 2.17. The Morgan fingerprint density at radius 3 is 1.97 bits per heavy atom. The van der Waals surface area contributed by atoms with Gasteiger partial charge in [0, 0.05) is 36.6 Å². The van der Waals surface area contributed by atoms with Crippen molar-refractivity contribution in [3.63, 3.8) is 0 Å². The molecule has 0 aliphatic carbocycles. The molecule has 5 rings (SSSR count). The average molecular weight is 538 g/mol. The van der Waals surface area contributed by atoms with Gasteiger partial charge in [-0.3, -0.25) is 0 Å². The standard InChI is InChI=1S/C26H25Cl2N7O2/c1-4-35-26-18(14-32-35)23-17(13-31-26)24(29-11-15-5-7-21(36-2)19(27)9-15)33-34-25(23)30-12-16-6-8-22(37-3)20(28)10-16/h5-10,13-14H,4,11-12H2,1-3H3,(H,29,33)(H,30,34). The number of aryl methyl sites for hydroxylation is 1. The number of nitrogens with one attached hydrogen (secondary N) is 2. The van der Waals surface area contributed by atoms with Crippen LogP contribution in [-0.2, 0) is 19.6 Å². The Labute approximate surface area is 223 Å². The molecule has 9 nitrogen and oxygen atoms in total. The maximum Gasteiger partial charge on any atom is 0.158 e. The van der Waals surface area contributed by atoms with Crippen LogP contribution in [-0.4, -0.2) is 39.2 Å². The third-order valence-corrected chi connectivity index (χ3v) is 6.65. The number of fused-ring (bicyclic) bond motifs is 3. The molecule has 37 heavy (non-hydrogen) atoms. The second kappa shape index (κ2) is 10.7. The lowest BCUT2D eigenvalue weighted by atomic mass is 10.1. The van der Waals surface area contributed by atoms with E-state index in [9.17, 15) is 0 Å². The first-order chi connectivity index (χ1) is 18.0. The normalized spacial score (nSPS) is 11.2. The molecule has 5 aromatic rings. The fourth-order valence-corrected chi connectivity index (χ4v) is 4.72. The largest absolute Gasteiger partial charge is 0.495 e. The first kappa shape index (κ1) is 24.9. The second-order valence-electron chi connectivity index (χ2n) is 8.29. The highest BCUT2D eigenvalue weighted by atomic mass is 35.5. The van der Waals surface area contributed by atoms with Gasteiger partial charge < -0.3 is 20.1 Å². The van der Waals surface area contributed by atoms with Crippen LogP contribution in [0.5, 0.6) is 11.5 Å². The van der Waals surface area contributed by atoms with Gasteiger partial charge in [-0.05, 0) is 42.3 Å². The maximum absolute atomic E-state index is 6.31. The fraction of sp³-hybridized carbons (Fsp3) is 0.231. The predicted octanol–water partition coefficient (Wildman–Crippen LogP) is 5.94. The zero-order valence-electron chi connectivity index (χ0n) is 20.5. The van der Waals surface area contributed by atoms with Crippen molar-refractivity contribution in [2.75, 3.05) is 24.9 Å². The molecule has 2 aromatic carbocycles. The lowest BCUT2D eigenvalue weighted by molar-refractivity contribution is 0.415. The monoisotopic (exact) mass is 537 g/mol. The molecule has 0 amide bonds. The van der Waals surface area contributed by atoms with E-state index in [0.717, 1.165) is 32.9 Å². The quantitative estimate of drug-likeness (QED) is 0.238. The zero-order valence-corrected chi connectivity index (χ0v) is 22.1. The third kappa shape index (κ3) is 4.92. The van der Waals surface area contributed by atoms with Crippen LogP contribution in [0.4, 0.5) is 11.6 Å². The highest BCUT2D eigenvalue weighted by Crippen LogP contribution is 2.33. The molecular formula is C26H25Cl2N7O2. The van der Waals surface area contributed by atoms with Gasteiger partial charge in [-0.25, -0.2) is 9.67 Å². The molecule has 0 saturated heterocycles. The summed E-state index contributed by atoms with van der Waals surface area (Å²) in [5.41, 5.74) is 2.74. The van der Waals surface area contributed by atoms with Crippen molar-refractivity contribution in [2.45, 2.75) is 26.6 Å². The van der Waals surface area contributed by atoms with Crippen LogP contribution in [0.1, 0.15) is 18.1 Å². The van der Waals surface area contributed by atoms with Crippen LogP contribution >= 0.6 is 23.2 Å². The van der Waals surface area contributed by atoms with E-state index in [4.69, 9.17) is 32.7 Å². The summed E-state index contributed by atoms with van der Waals surface area (Å²) in [7, 11) is 3.18. The van der Waals surface area contributed by atoms with E-state index in [0.29, 0.717) is 52.8 Å². The molecule has 11 heteroatoms. The molecule has 2 N–H and O–H groups in total. The van der Waals surface area contributed by atoms with Gasteiger partial charge in [-0.15, -0.1) is 10.2 Å². The van der Waals surface area contributed by atoms with Crippen molar-refractivity contribution in [1.29, 1.82) is 0 Å². The topological polar surface area (TPSA) is 99.0 Å². The van der Waals surface area contributed by atoms with Crippen LogP contribution in [0.2, 0.25) is 10.0 Å². The fourth-order valence-electron chi connectivity index (χ4n) is 4.16. The summed E-state index contributed by atoms with van der Waals surface area (Å²) in [6.07, 6.45) is 3.62. The first-order valence-electron chi connectivity index (χ1n) is 11.7. The molecule has 0 bridgehead atoms. The number of anilines is 2. The Kier molecular flexibility index (Phi) is 7.16. The lowest BCUT2D eigenvalue weighted by Gasteiger charge is -2.14. The number of aromatic nitrogens is 5. The minimum absolute atomic E-state index is 0.496. The summed E-state index contributed by atoms with van der Waals surface area (Å²) < 4.78 is 12.4. The molecule has 3 aromatic heterocycles. The summed E-state index contributed by atoms with van der Waals surface area (Å²) >= 11 is 12.6. The molecule has 0 atom stereocenters. The number of benzene rings is 2. The summed E-state index contributed by atoms with van der Waals surface area (Å²) in [4.78, 5) is 4.68. The minimum Gasteiger partial charge on any atom is -0.495 e. The van der Waals surface area contributed by atoms with Crippen molar-refractivity contribution in [3.8, 4) is 11.5 Å². The van der Waals surface area contributed by atoms with Gasteiger partial charge in [-0.1, -0.05) is 35.3 Å². The minimum atomic E-state index is 0.496. The molecule has 0 saturated carbocycles. The van der Waals surface area contributed by atoms with E-state index in [1.807, 2.05) is 54.2 Å². The molecule has 0 radical (unpaired) electrons. The van der Waals surface area contributed by atoms with Crippen molar-refractivity contribution >= 4 is 56.6 Å². The number of rotatable bonds is 9. The number of halogens is 2. The Bertz CT molecular complexity index is 1590. The van der Waals surface area contributed by atoms with E-state index in [2.05, 4.69) is 30.9 Å². The molecule has 0 aliphatic heterocycles. The van der Waals surface area contributed by atoms with Gasteiger partial charge in [-0.2, -0.15) is 5.10 Å². The number of hydrogen-bond donors (Lipinski definition) is 2. The van der Waals surface area contributed by atoms with Gasteiger partial charge in [0.25, 0.3) is 0 Å². The van der Waals surface area contributed by atoms with Gasteiger partial charge >= 0.3 is 0 Å². The summed E-state index contributed by atoms with van der Waals surface area (Å²) in [5.74, 6) is 2.49. The first-order valence-corrected chi connectivity index (χ1v) is 12.4. The van der Waals surface area contributed by atoms with Crippen LogP contribution in [0, 0.1) is 0 Å². The zero-order chi connectivity index (χ0) is 25.9. The molecule has 190 valence electrons. The van der Waals surface area contributed by atoms with E-state index in [-0.39, 0.29) is 0 Å². The summed E-state index contributed by atoms with van der Waals surface area (Å²) in [5, 5.41) is 24.0. The average Bonchev–Trinajstić information content (AvgIpc) is 3.34. The van der Waals surface area contributed by atoms with Gasteiger partial charge in [0.2, 0.25) is 0 Å². The van der Waals surface area contributed by atoms with Crippen LogP contribution in [0.15, 0.2) is 48.8 Å². The lowest BCUT2D eigenvalue weighted by Crippen LogP contribution is -2.08. The van der Waals surface area contributed by atoms with Crippen molar-refractivity contribution in [1.82, 2.24) is 25.0 Å². The molecule has 0 unspecified atom stereocenters. The van der Waals surface area contributed by atoms with E-state index < -0.39 is 0 Å². The van der Waals surface area contributed by atoms with Gasteiger partial charge in [0.05, 0.1) is 35.8 Å². The molecule has 0 fully saturated rings. The number of methoxy groups -OCH3 is 2. The Balaban J connectivity index is 1.50. The van der Waals surface area contributed by atoms with E-state index >= 15 is 0 Å². The predicted molar refractivity (Wildman–Crippen MR) is 147 cm³/mol. The SMILES string of the molecule is CCn1ncc2c3c(NCc4ccc(OC)c(Cl)c4)nnc(NCc4ccc(OC)c(Cl)c4)c3cnc21. The number of ether oxygens (including phenoxy) is 2. The Morgan fingerprint density at radius 2 is 1.41 bits per heavy atom. The van der Waals surface area contributed by atoms with Crippen LogP contribution in [0.3, 0.4) is 0 Å². The van der Waals surface area contributed by atoms with E-state index in [1.54, 1.807) is 20.4 Å². The molecule has 3 heterocycles. The number of hydrogen-bond acceptors (Lipinski definition) is 8. The third-order valence-electron chi connectivity index (χ3n) is 6.06. The summed E-state index contributed by atoms with van der Waals surface area (Å²) in [6, 6.07) is 11.3. The van der Waals surface area contributed by atoms with Crippen molar-refractivity contribution in [3.05, 3.63) is 70.0 Å². The highest BCUT2D eigenvalue weighted by molar-refractivity contribution is 6.32. The molecule has 0 aliphatic rings. The molecular weight excluding hydrogens is 513 g/mol. The number of nitrogens with zero attached hydrogens (tertiary/aromatic N) is 5. The van der Waals surface area contributed by atoms with Crippen LogP contribution < -0.4 is 20.1 Å². The number of pyridine rings is 1. The van der Waals surface area contributed by atoms with E-state index in [1.165, 1.54) is 0 Å². The van der Waals surface area contributed by atoms with Crippen molar-refractivity contribution < 1.29 is 9.47 Å². The Hall–Kier alpha value is -3.82. The second-order valence-corrected chi connectivity index (χ2v) is 9.10. The smallest absolute Gasteiger partial charge is 0.158 e. The van der Waals surface area contributed by atoms with Gasteiger partial charge in [0.15, 0.2) is 17.3 Å². The molecule has 0 spiro atoms.